The zero-order valence-electron chi connectivity index (χ0n) is 22.2. The number of nitrogens with one attached hydrogen (secondary N) is 1. The Morgan fingerprint density at radius 1 is 1.00 bits per heavy atom. The molecule has 5 rings (SSSR count). The minimum Gasteiger partial charge on any atom is -0.481 e. The van der Waals surface area contributed by atoms with E-state index in [0.717, 1.165) is 27.8 Å². The van der Waals surface area contributed by atoms with E-state index in [4.69, 9.17) is 21.8 Å². The highest BCUT2D eigenvalue weighted by molar-refractivity contribution is 6.30. The van der Waals surface area contributed by atoms with Crippen molar-refractivity contribution in [1.29, 1.82) is 0 Å². The van der Waals surface area contributed by atoms with E-state index in [1.54, 1.807) is 12.1 Å². The van der Waals surface area contributed by atoms with Crippen molar-refractivity contribution in [3.8, 4) is 11.1 Å². The number of fused-ring (bicyclic) bond motifs is 1. The van der Waals surface area contributed by atoms with E-state index in [1.807, 2.05) is 79.7 Å². The molecule has 0 saturated carbocycles. The summed E-state index contributed by atoms with van der Waals surface area (Å²) >= 11 is 6.17. The Kier molecular flexibility index (Phi) is 7.71. The van der Waals surface area contributed by atoms with Crippen molar-refractivity contribution in [3.63, 3.8) is 0 Å². The number of aliphatic carboxylic acids is 1. The van der Waals surface area contributed by atoms with Crippen LogP contribution in [-0.2, 0) is 9.59 Å². The van der Waals surface area contributed by atoms with Crippen molar-refractivity contribution in [1.82, 2.24) is 9.99 Å². The number of aromatic amines is 1. The number of benzene rings is 3. The van der Waals surface area contributed by atoms with Crippen LogP contribution in [0.4, 0.5) is 5.69 Å². The number of H-pyrrole nitrogens is 1. The molecule has 9 heteroatoms. The largest absolute Gasteiger partial charge is 0.481 e. The maximum Gasteiger partial charge on any atom is 0.303 e. The number of aromatic nitrogens is 1. The van der Waals surface area contributed by atoms with Gasteiger partial charge in [-0.2, -0.15) is 5.10 Å². The number of anilines is 1. The van der Waals surface area contributed by atoms with E-state index in [9.17, 15) is 14.4 Å². The van der Waals surface area contributed by atoms with Crippen LogP contribution in [0.2, 0.25) is 5.02 Å². The summed E-state index contributed by atoms with van der Waals surface area (Å²) in [5.41, 5.74) is 4.70. The highest BCUT2D eigenvalue weighted by Gasteiger charge is 2.35. The Hall–Kier alpha value is -4.43. The van der Waals surface area contributed by atoms with Crippen LogP contribution in [0.3, 0.4) is 0 Å². The van der Waals surface area contributed by atoms with Crippen LogP contribution in [0.25, 0.3) is 22.0 Å². The fraction of sp³-hybridized carbons (Fsp3) is 0.226. The van der Waals surface area contributed by atoms with Crippen LogP contribution in [0, 0.1) is 0 Å². The number of para-hydroxylation sites is 1. The van der Waals surface area contributed by atoms with Crippen LogP contribution < -0.4 is 10.5 Å². The van der Waals surface area contributed by atoms with E-state index in [0.29, 0.717) is 28.2 Å². The van der Waals surface area contributed by atoms with Gasteiger partial charge in [0.25, 0.3) is 5.56 Å². The smallest absolute Gasteiger partial charge is 0.303 e. The lowest BCUT2D eigenvalue weighted by molar-refractivity contribution is -0.137. The molecule has 0 saturated heterocycles. The van der Waals surface area contributed by atoms with Gasteiger partial charge in [0, 0.05) is 60.5 Å². The third-order valence-electron chi connectivity index (χ3n) is 7.08. The van der Waals surface area contributed by atoms with E-state index in [1.165, 1.54) is 5.01 Å². The Balaban J connectivity index is 1.63. The summed E-state index contributed by atoms with van der Waals surface area (Å²) in [5, 5.41) is 16.6. The molecule has 40 heavy (non-hydrogen) atoms. The maximum atomic E-state index is 13.6. The molecule has 1 amide bonds. The minimum atomic E-state index is -0.954. The highest BCUT2D eigenvalue weighted by Crippen LogP contribution is 2.38. The first kappa shape index (κ1) is 27.1. The number of halogens is 1. The first-order chi connectivity index (χ1) is 19.2. The predicted molar refractivity (Wildman–Crippen MR) is 158 cm³/mol. The van der Waals surface area contributed by atoms with Crippen LogP contribution in [0.1, 0.15) is 42.9 Å². The molecule has 8 nitrogen and oxygen atoms in total. The van der Waals surface area contributed by atoms with Gasteiger partial charge in [-0.3, -0.25) is 14.4 Å². The molecule has 2 N–H and O–H groups in total. The Morgan fingerprint density at radius 2 is 1.70 bits per heavy atom. The number of nitrogens with zero attached hydrogens (tertiary/aromatic N) is 3. The van der Waals surface area contributed by atoms with E-state index in [-0.39, 0.29) is 30.7 Å². The second kappa shape index (κ2) is 11.4. The average Bonchev–Trinajstić information content (AvgIpc) is 3.38. The summed E-state index contributed by atoms with van der Waals surface area (Å²) in [6.45, 7) is 0. The van der Waals surface area contributed by atoms with E-state index in [2.05, 4.69) is 4.98 Å². The molecule has 0 fully saturated rings. The summed E-state index contributed by atoms with van der Waals surface area (Å²) < 4.78 is 0. The quantitative estimate of drug-likeness (QED) is 0.283. The standard InChI is InChI=1S/C31H29ClN4O4/c1-35(2)22-16-12-19(13-17-22)26-18-25(34-36(26)27(37)8-5-9-28(38)39)30-29(20-10-14-21(32)15-11-20)23-6-3-4-7-24(23)33-31(30)40/h3-4,6-7,10-17,26H,5,8-9,18H2,1-2H3,(H,33,40)(H,38,39)/t26-/m0/s1. The van der Waals surface area contributed by atoms with Crippen LogP contribution >= 0.6 is 11.6 Å². The fourth-order valence-electron chi connectivity index (χ4n) is 5.09. The van der Waals surface area contributed by atoms with Gasteiger partial charge in [0.2, 0.25) is 5.91 Å². The molecule has 1 aromatic heterocycles. The molecule has 204 valence electrons. The Labute approximate surface area is 236 Å². The molecule has 1 atom stereocenters. The van der Waals surface area contributed by atoms with E-state index >= 15 is 0 Å². The van der Waals surface area contributed by atoms with Gasteiger partial charge < -0.3 is 15.0 Å². The monoisotopic (exact) mass is 556 g/mol. The number of rotatable bonds is 8. The molecular formula is C31H29ClN4O4. The Bertz CT molecular complexity index is 1660. The summed E-state index contributed by atoms with van der Waals surface area (Å²) in [7, 11) is 3.91. The number of hydrogen-bond acceptors (Lipinski definition) is 5. The molecule has 0 bridgehead atoms. The zero-order valence-corrected chi connectivity index (χ0v) is 23.0. The summed E-state index contributed by atoms with van der Waals surface area (Å²) in [5.74, 6) is -1.24. The van der Waals surface area contributed by atoms with Gasteiger partial charge in [-0.25, -0.2) is 5.01 Å². The van der Waals surface area contributed by atoms with Crippen LogP contribution in [0.5, 0.6) is 0 Å². The number of pyridine rings is 1. The van der Waals surface area contributed by atoms with Gasteiger partial charge in [-0.15, -0.1) is 0 Å². The predicted octanol–water partition coefficient (Wildman–Crippen LogP) is 5.85. The van der Waals surface area contributed by atoms with Gasteiger partial charge in [0.1, 0.15) is 0 Å². The van der Waals surface area contributed by atoms with Crippen molar-refractivity contribution in [2.24, 2.45) is 5.10 Å². The molecule has 0 unspecified atom stereocenters. The SMILES string of the molecule is CN(C)c1ccc([C@@H]2CC(c3c(-c4ccc(Cl)cc4)c4ccccc4[nH]c3=O)=NN2C(=O)CCCC(=O)O)cc1. The summed E-state index contributed by atoms with van der Waals surface area (Å²) in [4.78, 5) is 43.0. The van der Waals surface area contributed by atoms with Crippen molar-refractivity contribution in [2.75, 3.05) is 19.0 Å². The lowest BCUT2D eigenvalue weighted by atomic mass is 9.91. The van der Waals surface area contributed by atoms with Gasteiger partial charge in [-0.05, 0) is 47.9 Å². The number of hydrazone groups is 1. The number of hydrogen-bond donors (Lipinski definition) is 2. The molecule has 1 aliphatic heterocycles. The number of amides is 1. The number of carboxylic acid groups (broad SMARTS) is 1. The number of carbonyl (C=O) groups is 2. The lowest BCUT2D eigenvalue weighted by Gasteiger charge is -2.23. The molecule has 2 heterocycles. The summed E-state index contributed by atoms with van der Waals surface area (Å²) in [6, 6.07) is 22.3. The average molecular weight is 557 g/mol. The third-order valence-corrected chi connectivity index (χ3v) is 7.34. The fourth-order valence-corrected chi connectivity index (χ4v) is 5.21. The van der Waals surface area contributed by atoms with Crippen molar-refractivity contribution in [2.45, 2.75) is 31.7 Å². The van der Waals surface area contributed by atoms with Gasteiger partial charge in [-0.1, -0.05) is 54.1 Å². The second-order valence-corrected chi connectivity index (χ2v) is 10.4. The first-order valence-corrected chi connectivity index (χ1v) is 13.4. The third kappa shape index (κ3) is 5.49. The Morgan fingerprint density at radius 3 is 2.38 bits per heavy atom. The van der Waals surface area contributed by atoms with Gasteiger partial charge in [0.15, 0.2) is 0 Å². The second-order valence-electron chi connectivity index (χ2n) is 9.99. The van der Waals surface area contributed by atoms with Crippen LogP contribution in [0.15, 0.2) is 82.7 Å². The topological polar surface area (TPSA) is 106 Å². The molecule has 3 aromatic carbocycles. The molecular weight excluding hydrogens is 528 g/mol. The van der Waals surface area contributed by atoms with Gasteiger partial charge in [0.05, 0.1) is 17.3 Å². The van der Waals surface area contributed by atoms with Crippen molar-refractivity contribution >= 4 is 45.8 Å². The lowest BCUT2D eigenvalue weighted by Crippen LogP contribution is -2.27. The molecule has 1 aliphatic rings. The maximum absolute atomic E-state index is 13.6. The van der Waals surface area contributed by atoms with Crippen molar-refractivity contribution in [3.05, 3.63) is 99.3 Å². The first-order valence-electron chi connectivity index (χ1n) is 13.0. The zero-order chi connectivity index (χ0) is 28.4. The molecule has 0 aliphatic carbocycles. The van der Waals surface area contributed by atoms with E-state index < -0.39 is 12.0 Å². The summed E-state index contributed by atoms with van der Waals surface area (Å²) in [6.07, 6.45) is 0.458. The highest BCUT2D eigenvalue weighted by atomic mass is 35.5. The number of carboxylic acids is 1. The molecule has 4 aromatic rings. The van der Waals surface area contributed by atoms with Gasteiger partial charge >= 0.3 is 5.97 Å². The van der Waals surface area contributed by atoms with Crippen LogP contribution in [-0.4, -0.2) is 46.8 Å². The normalized spacial score (nSPS) is 14.8. The molecule has 0 radical (unpaired) electrons. The molecule has 0 spiro atoms. The number of carbonyl (C=O) groups excluding carboxylic acids is 1. The van der Waals surface area contributed by atoms with Crippen molar-refractivity contribution < 1.29 is 14.7 Å². The minimum absolute atomic E-state index is 0.0352.